The summed E-state index contributed by atoms with van der Waals surface area (Å²) in [5, 5.41) is 11.1. The molecule has 0 unspecified atom stereocenters. The number of H-pyrrole nitrogens is 1. The van der Waals surface area contributed by atoms with E-state index in [2.05, 4.69) is 20.4 Å². The molecular weight excluding hydrogens is 474 g/mol. The molecule has 2 aromatic carbocycles. The highest BCUT2D eigenvalue weighted by Crippen LogP contribution is 2.34. The van der Waals surface area contributed by atoms with Crippen LogP contribution in [0.5, 0.6) is 5.75 Å². The molecule has 9 heteroatoms. The second-order valence-corrected chi connectivity index (χ2v) is 10.5. The van der Waals surface area contributed by atoms with Gasteiger partial charge in [-0.25, -0.2) is 0 Å². The number of benzene rings is 2. The van der Waals surface area contributed by atoms with Crippen LogP contribution in [0.3, 0.4) is 0 Å². The molecule has 36 heavy (non-hydrogen) atoms. The van der Waals surface area contributed by atoms with Gasteiger partial charge in [0.15, 0.2) is 0 Å². The number of amides is 2. The van der Waals surface area contributed by atoms with Crippen molar-refractivity contribution in [2.75, 3.05) is 37.0 Å². The van der Waals surface area contributed by atoms with Gasteiger partial charge in [-0.15, -0.1) is 11.3 Å². The molecule has 4 aromatic rings. The summed E-state index contributed by atoms with van der Waals surface area (Å²) in [4.78, 5) is 31.4. The molecule has 1 fully saturated rings. The van der Waals surface area contributed by atoms with E-state index in [0.717, 1.165) is 29.7 Å². The lowest BCUT2D eigenvalue weighted by Crippen LogP contribution is -2.40. The zero-order valence-corrected chi connectivity index (χ0v) is 21.6. The molecule has 0 atom stereocenters. The Morgan fingerprint density at radius 1 is 1.14 bits per heavy atom. The van der Waals surface area contributed by atoms with Crippen LogP contribution < -0.4 is 19.9 Å². The quantitative estimate of drug-likeness (QED) is 0.379. The van der Waals surface area contributed by atoms with Crippen LogP contribution in [-0.4, -0.2) is 49.3 Å². The Labute approximate surface area is 213 Å². The maximum Gasteiger partial charge on any atom is 0.262 e. The van der Waals surface area contributed by atoms with E-state index in [1.165, 1.54) is 17.8 Å². The molecule has 0 aliphatic carbocycles. The van der Waals surface area contributed by atoms with E-state index < -0.39 is 5.54 Å². The first-order chi connectivity index (χ1) is 17.3. The number of fused-ring (bicyclic) bond motifs is 1. The van der Waals surface area contributed by atoms with E-state index in [9.17, 15) is 9.59 Å². The number of nitrogens with one attached hydrogen (secondary N) is 2. The summed E-state index contributed by atoms with van der Waals surface area (Å²) in [6.07, 6.45) is 1.21. The van der Waals surface area contributed by atoms with Crippen molar-refractivity contribution in [3.63, 3.8) is 0 Å². The molecular formula is C27H29N5O3S. The zero-order valence-electron chi connectivity index (χ0n) is 20.8. The molecule has 8 nitrogen and oxygen atoms in total. The van der Waals surface area contributed by atoms with Gasteiger partial charge in [-0.3, -0.25) is 19.6 Å². The van der Waals surface area contributed by atoms with E-state index in [1.807, 2.05) is 62.4 Å². The van der Waals surface area contributed by atoms with Gasteiger partial charge >= 0.3 is 0 Å². The lowest BCUT2D eigenvalue weighted by molar-refractivity contribution is 0.0914. The fourth-order valence-corrected chi connectivity index (χ4v) is 5.31. The third kappa shape index (κ3) is 4.30. The highest BCUT2D eigenvalue weighted by Gasteiger charge is 2.28. The van der Waals surface area contributed by atoms with Gasteiger partial charge in [-0.2, -0.15) is 5.10 Å². The molecule has 5 rings (SSSR count). The minimum absolute atomic E-state index is 0.148. The summed E-state index contributed by atoms with van der Waals surface area (Å²) >= 11 is 1.28. The fraction of sp³-hybridized carbons (Fsp3) is 0.296. The normalized spacial score (nSPS) is 13.4. The molecule has 2 N–H and O–H groups in total. The molecule has 1 aliphatic heterocycles. The molecule has 3 heterocycles. The molecule has 0 radical (unpaired) electrons. The van der Waals surface area contributed by atoms with Crippen LogP contribution in [0, 0.1) is 0 Å². The molecule has 1 saturated heterocycles. The van der Waals surface area contributed by atoms with Crippen LogP contribution in [0.2, 0.25) is 0 Å². The van der Waals surface area contributed by atoms with Crippen molar-refractivity contribution in [3.05, 3.63) is 70.6 Å². The highest BCUT2D eigenvalue weighted by molar-refractivity contribution is 7.20. The lowest BCUT2D eigenvalue weighted by atomic mass is 9.93. The topological polar surface area (TPSA) is 90.6 Å². The van der Waals surface area contributed by atoms with Gasteiger partial charge < -0.3 is 15.0 Å². The standard InChI is InChI=1S/C27H29N5O3S/c1-27(2,20-8-5-6-9-21(20)35-4)28-24(33)22-16-19-23(29-30-25(19)36-22)31(3)26(34)17-10-12-18(13-11-17)32-14-7-15-32/h5-6,8-13,16H,7,14-15H2,1-4H3,(H,28,33)(H,29,30). The van der Waals surface area contributed by atoms with Crippen LogP contribution in [0.1, 0.15) is 45.9 Å². The molecule has 186 valence electrons. The average molecular weight is 504 g/mol. The SMILES string of the molecule is COc1ccccc1C(C)(C)NC(=O)c1cc2c(N(C)C(=O)c3ccc(N4CCC4)cc3)[nH]nc2s1. The van der Waals surface area contributed by atoms with Crippen LogP contribution in [0.15, 0.2) is 54.6 Å². The molecule has 2 amide bonds. The van der Waals surface area contributed by atoms with Crippen molar-refractivity contribution >= 4 is 44.9 Å². The Morgan fingerprint density at radius 3 is 2.53 bits per heavy atom. The summed E-state index contributed by atoms with van der Waals surface area (Å²) in [5.41, 5.74) is 1.95. The number of thiophene rings is 1. The predicted octanol–water partition coefficient (Wildman–Crippen LogP) is 4.78. The smallest absolute Gasteiger partial charge is 0.262 e. The third-order valence-electron chi connectivity index (χ3n) is 6.64. The summed E-state index contributed by atoms with van der Waals surface area (Å²) < 4.78 is 5.48. The number of anilines is 2. The molecule has 1 aliphatic rings. The predicted molar refractivity (Wildman–Crippen MR) is 143 cm³/mol. The van der Waals surface area contributed by atoms with E-state index in [0.29, 0.717) is 26.8 Å². The Balaban J connectivity index is 1.35. The van der Waals surface area contributed by atoms with E-state index in [-0.39, 0.29) is 11.8 Å². The van der Waals surface area contributed by atoms with Crippen molar-refractivity contribution in [2.45, 2.75) is 25.8 Å². The number of para-hydroxylation sites is 1. The van der Waals surface area contributed by atoms with Crippen molar-refractivity contribution in [1.82, 2.24) is 15.5 Å². The first-order valence-corrected chi connectivity index (χ1v) is 12.7. The minimum atomic E-state index is -0.658. The van der Waals surface area contributed by atoms with Crippen molar-refractivity contribution in [2.24, 2.45) is 0 Å². The third-order valence-corrected chi connectivity index (χ3v) is 7.66. The van der Waals surface area contributed by atoms with Gasteiger partial charge in [0.1, 0.15) is 16.4 Å². The van der Waals surface area contributed by atoms with Gasteiger partial charge in [0.2, 0.25) is 0 Å². The number of aromatic amines is 1. The van der Waals surface area contributed by atoms with Gasteiger partial charge in [0, 0.05) is 37.0 Å². The minimum Gasteiger partial charge on any atom is -0.496 e. The number of carbonyl (C=O) groups is 2. The number of methoxy groups -OCH3 is 1. The Bertz CT molecular complexity index is 1420. The van der Waals surface area contributed by atoms with Crippen molar-refractivity contribution in [1.29, 1.82) is 0 Å². The Morgan fingerprint density at radius 2 is 1.86 bits per heavy atom. The maximum absolute atomic E-state index is 13.2. The number of aromatic nitrogens is 2. The molecule has 0 bridgehead atoms. The largest absolute Gasteiger partial charge is 0.496 e. The Hall–Kier alpha value is -3.85. The summed E-state index contributed by atoms with van der Waals surface area (Å²) in [5.74, 6) is 0.908. The van der Waals surface area contributed by atoms with Crippen LogP contribution in [0.4, 0.5) is 11.5 Å². The van der Waals surface area contributed by atoms with Gasteiger partial charge in [-0.1, -0.05) is 18.2 Å². The number of hydrogen-bond donors (Lipinski definition) is 2. The first kappa shape index (κ1) is 23.9. The number of nitrogens with zero attached hydrogens (tertiary/aromatic N) is 3. The number of hydrogen-bond acceptors (Lipinski definition) is 6. The van der Waals surface area contributed by atoms with Gasteiger partial charge in [-0.05, 0) is 56.7 Å². The lowest BCUT2D eigenvalue weighted by Gasteiger charge is -2.33. The molecule has 0 spiro atoms. The van der Waals surface area contributed by atoms with E-state index in [4.69, 9.17) is 4.74 Å². The van der Waals surface area contributed by atoms with E-state index in [1.54, 1.807) is 25.1 Å². The highest BCUT2D eigenvalue weighted by atomic mass is 32.1. The van der Waals surface area contributed by atoms with Crippen LogP contribution in [-0.2, 0) is 5.54 Å². The van der Waals surface area contributed by atoms with Crippen LogP contribution in [0.25, 0.3) is 10.2 Å². The van der Waals surface area contributed by atoms with Crippen molar-refractivity contribution < 1.29 is 14.3 Å². The summed E-state index contributed by atoms with van der Waals surface area (Å²) in [7, 11) is 3.33. The second kappa shape index (κ2) is 9.31. The maximum atomic E-state index is 13.2. The van der Waals surface area contributed by atoms with Crippen molar-refractivity contribution in [3.8, 4) is 5.75 Å². The number of ether oxygens (including phenoxy) is 1. The summed E-state index contributed by atoms with van der Waals surface area (Å²) in [6.45, 7) is 5.99. The Kier molecular flexibility index (Phi) is 6.17. The summed E-state index contributed by atoms with van der Waals surface area (Å²) in [6, 6.07) is 17.1. The molecule has 0 saturated carbocycles. The first-order valence-electron chi connectivity index (χ1n) is 11.9. The zero-order chi connectivity index (χ0) is 25.4. The average Bonchev–Trinajstić information content (AvgIpc) is 3.43. The number of carbonyl (C=O) groups excluding carboxylic acids is 2. The van der Waals surface area contributed by atoms with Gasteiger partial charge in [0.25, 0.3) is 11.8 Å². The number of rotatable bonds is 7. The van der Waals surface area contributed by atoms with E-state index >= 15 is 0 Å². The van der Waals surface area contributed by atoms with Gasteiger partial charge in [0.05, 0.1) is 22.9 Å². The van der Waals surface area contributed by atoms with Crippen LogP contribution >= 0.6 is 11.3 Å². The fourth-order valence-electron chi connectivity index (χ4n) is 4.42. The second-order valence-electron chi connectivity index (χ2n) is 9.43. The monoisotopic (exact) mass is 503 g/mol. The molecule has 2 aromatic heterocycles.